The molecular formula is C14H18FN3O. The SMILES string of the molecule is CCNc1c(COc2ccc(F)cc2)c(C)nn1C. The highest BCUT2D eigenvalue weighted by Crippen LogP contribution is 2.21. The Morgan fingerprint density at radius 2 is 2.00 bits per heavy atom. The molecule has 0 saturated heterocycles. The summed E-state index contributed by atoms with van der Waals surface area (Å²) in [5, 5.41) is 7.64. The Labute approximate surface area is 112 Å². The number of nitrogens with zero attached hydrogens (tertiary/aromatic N) is 2. The van der Waals surface area contributed by atoms with Crippen molar-refractivity contribution in [3.05, 3.63) is 41.3 Å². The zero-order valence-electron chi connectivity index (χ0n) is 11.4. The van der Waals surface area contributed by atoms with Crippen LogP contribution in [0.15, 0.2) is 24.3 Å². The topological polar surface area (TPSA) is 39.1 Å². The summed E-state index contributed by atoms with van der Waals surface area (Å²) in [6, 6.07) is 6.01. The van der Waals surface area contributed by atoms with Gasteiger partial charge in [0.1, 0.15) is 24.0 Å². The summed E-state index contributed by atoms with van der Waals surface area (Å²) in [6.07, 6.45) is 0. The second-order valence-corrected chi connectivity index (χ2v) is 4.31. The van der Waals surface area contributed by atoms with Crippen molar-refractivity contribution < 1.29 is 9.13 Å². The number of aryl methyl sites for hydroxylation is 2. The molecule has 0 bridgehead atoms. The maximum Gasteiger partial charge on any atom is 0.130 e. The van der Waals surface area contributed by atoms with Gasteiger partial charge in [-0.15, -0.1) is 0 Å². The zero-order chi connectivity index (χ0) is 13.8. The lowest BCUT2D eigenvalue weighted by atomic mass is 10.2. The molecule has 19 heavy (non-hydrogen) atoms. The van der Waals surface area contributed by atoms with Crippen molar-refractivity contribution in [2.24, 2.45) is 7.05 Å². The number of nitrogens with one attached hydrogen (secondary N) is 1. The first kappa shape index (κ1) is 13.4. The Balaban J connectivity index is 2.12. The number of aromatic nitrogens is 2. The van der Waals surface area contributed by atoms with Gasteiger partial charge in [0, 0.05) is 13.6 Å². The second-order valence-electron chi connectivity index (χ2n) is 4.31. The van der Waals surface area contributed by atoms with Crippen LogP contribution in [0.1, 0.15) is 18.2 Å². The third kappa shape index (κ3) is 3.05. The van der Waals surface area contributed by atoms with Crippen molar-refractivity contribution in [1.82, 2.24) is 9.78 Å². The number of anilines is 1. The number of hydrogen-bond acceptors (Lipinski definition) is 3. The third-order valence-electron chi connectivity index (χ3n) is 2.89. The van der Waals surface area contributed by atoms with Crippen molar-refractivity contribution >= 4 is 5.82 Å². The number of rotatable bonds is 5. The second kappa shape index (κ2) is 5.73. The molecular weight excluding hydrogens is 245 g/mol. The Morgan fingerprint density at radius 1 is 1.32 bits per heavy atom. The zero-order valence-corrected chi connectivity index (χ0v) is 11.4. The summed E-state index contributed by atoms with van der Waals surface area (Å²) in [5.74, 6) is 1.34. The molecule has 4 nitrogen and oxygen atoms in total. The molecule has 102 valence electrons. The van der Waals surface area contributed by atoms with Crippen molar-refractivity contribution in [2.45, 2.75) is 20.5 Å². The molecule has 1 aromatic carbocycles. The highest BCUT2D eigenvalue weighted by Gasteiger charge is 2.13. The molecule has 0 fully saturated rings. The van der Waals surface area contributed by atoms with Crippen LogP contribution < -0.4 is 10.1 Å². The van der Waals surface area contributed by atoms with Crippen LogP contribution in [0, 0.1) is 12.7 Å². The van der Waals surface area contributed by atoms with Gasteiger partial charge in [-0.05, 0) is 38.1 Å². The van der Waals surface area contributed by atoms with Gasteiger partial charge in [-0.2, -0.15) is 5.10 Å². The van der Waals surface area contributed by atoms with Crippen LogP contribution in [0.5, 0.6) is 5.75 Å². The largest absolute Gasteiger partial charge is 0.489 e. The van der Waals surface area contributed by atoms with Crippen molar-refractivity contribution in [3.8, 4) is 5.75 Å². The summed E-state index contributed by atoms with van der Waals surface area (Å²) < 4.78 is 20.3. The lowest BCUT2D eigenvalue weighted by Crippen LogP contribution is -2.07. The predicted octanol–water partition coefficient (Wildman–Crippen LogP) is 2.88. The normalized spacial score (nSPS) is 10.5. The Hall–Kier alpha value is -2.04. The predicted molar refractivity (Wildman–Crippen MR) is 72.8 cm³/mol. The third-order valence-corrected chi connectivity index (χ3v) is 2.89. The van der Waals surface area contributed by atoms with E-state index in [1.807, 2.05) is 25.6 Å². The van der Waals surface area contributed by atoms with E-state index < -0.39 is 0 Å². The van der Waals surface area contributed by atoms with E-state index in [4.69, 9.17) is 4.74 Å². The van der Waals surface area contributed by atoms with Crippen molar-refractivity contribution in [1.29, 1.82) is 0 Å². The fourth-order valence-electron chi connectivity index (χ4n) is 1.95. The van der Waals surface area contributed by atoms with Gasteiger partial charge in [0.25, 0.3) is 0 Å². The van der Waals surface area contributed by atoms with Gasteiger partial charge in [0.2, 0.25) is 0 Å². The van der Waals surface area contributed by atoms with E-state index in [1.165, 1.54) is 12.1 Å². The highest BCUT2D eigenvalue weighted by atomic mass is 19.1. The fraction of sp³-hybridized carbons (Fsp3) is 0.357. The van der Waals surface area contributed by atoms with Gasteiger partial charge < -0.3 is 10.1 Å². The molecule has 0 aliphatic carbocycles. The first-order valence-electron chi connectivity index (χ1n) is 6.26. The van der Waals surface area contributed by atoms with E-state index in [9.17, 15) is 4.39 Å². The van der Waals surface area contributed by atoms with Crippen LogP contribution in [0.4, 0.5) is 10.2 Å². The van der Waals surface area contributed by atoms with Gasteiger partial charge in [0.05, 0.1) is 11.3 Å². The standard InChI is InChI=1S/C14H18FN3O/c1-4-16-14-13(10(2)17-18(14)3)9-19-12-7-5-11(15)6-8-12/h5-8,16H,4,9H2,1-3H3. The average Bonchev–Trinajstić information content (AvgIpc) is 2.65. The molecule has 1 N–H and O–H groups in total. The Bertz CT molecular complexity index is 549. The van der Waals surface area contributed by atoms with Gasteiger partial charge >= 0.3 is 0 Å². The van der Waals surface area contributed by atoms with E-state index in [-0.39, 0.29) is 5.82 Å². The molecule has 0 spiro atoms. The summed E-state index contributed by atoms with van der Waals surface area (Å²) in [5.41, 5.74) is 1.95. The van der Waals surface area contributed by atoms with E-state index in [2.05, 4.69) is 10.4 Å². The minimum atomic E-state index is -0.266. The minimum Gasteiger partial charge on any atom is -0.489 e. The molecule has 0 atom stereocenters. The monoisotopic (exact) mass is 263 g/mol. The number of hydrogen-bond donors (Lipinski definition) is 1. The molecule has 1 heterocycles. The summed E-state index contributed by atoms with van der Waals surface area (Å²) >= 11 is 0. The molecule has 0 radical (unpaired) electrons. The van der Waals surface area contributed by atoms with Crippen molar-refractivity contribution in [3.63, 3.8) is 0 Å². The van der Waals surface area contributed by atoms with Crippen molar-refractivity contribution in [2.75, 3.05) is 11.9 Å². The van der Waals surface area contributed by atoms with Crippen LogP contribution in [-0.2, 0) is 13.7 Å². The van der Waals surface area contributed by atoms with E-state index in [1.54, 1.807) is 12.1 Å². The van der Waals surface area contributed by atoms with Crippen LogP contribution in [0.2, 0.25) is 0 Å². The smallest absolute Gasteiger partial charge is 0.130 e. The molecule has 0 aliphatic heterocycles. The molecule has 0 saturated carbocycles. The first-order chi connectivity index (χ1) is 9.11. The summed E-state index contributed by atoms with van der Waals surface area (Å²) in [6.45, 7) is 5.22. The van der Waals surface area contributed by atoms with Gasteiger partial charge in [0.15, 0.2) is 0 Å². The number of benzene rings is 1. The van der Waals surface area contributed by atoms with Crippen LogP contribution in [-0.4, -0.2) is 16.3 Å². The molecule has 0 amide bonds. The fourth-order valence-corrected chi connectivity index (χ4v) is 1.95. The van der Waals surface area contributed by atoms with Crippen LogP contribution in [0.3, 0.4) is 0 Å². The molecule has 5 heteroatoms. The quantitative estimate of drug-likeness (QED) is 0.901. The van der Waals surface area contributed by atoms with Gasteiger partial charge in [-0.1, -0.05) is 0 Å². The lowest BCUT2D eigenvalue weighted by Gasteiger charge is -2.09. The Kier molecular flexibility index (Phi) is 4.04. The van der Waals surface area contributed by atoms with Crippen LogP contribution in [0.25, 0.3) is 0 Å². The molecule has 0 unspecified atom stereocenters. The Morgan fingerprint density at radius 3 is 2.63 bits per heavy atom. The summed E-state index contributed by atoms with van der Waals surface area (Å²) in [7, 11) is 1.90. The maximum atomic E-state index is 12.8. The van der Waals surface area contributed by atoms with Crippen LogP contribution >= 0.6 is 0 Å². The maximum absolute atomic E-state index is 12.8. The van der Waals surface area contributed by atoms with E-state index >= 15 is 0 Å². The summed E-state index contributed by atoms with van der Waals surface area (Å²) in [4.78, 5) is 0. The van der Waals surface area contributed by atoms with Gasteiger partial charge in [-0.25, -0.2) is 4.39 Å². The molecule has 0 aliphatic rings. The van der Waals surface area contributed by atoms with Gasteiger partial charge in [-0.3, -0.25) is 4.68 Å². The van der Waals surface area contributed by atoms with E-state index in [0.29, 0.717) is 12.4 Å². The molecule has 2 aromatic rings. The molecule has 1 aromatic heterocycles. The van der Waals surface area contributed by atoms with E-state index in [0.717, 1.165) is 23.6 Å². The highest BCUT2D eigenvalue weighted by molar-refractivity contribution is 5.47. The first-order valence-corrected chi connectivity index (χ1v) is 6.26. The minimum absolute atomic E-state index is 0.266. The average molecular weight is 263 g/mol. The number of ether oxygens (including phenoxy) is 1. The number of halogens is 1. The molecule has 2 rings (SSSR count). The lowest BCUT2D eigenvalue weighted by molar-refractivity contribution is 0.305.